The van der Waals surface area contributed by atoms with E-state index in [4.69, 9.17) is 16.0 Å². The summed E-state index contributed by atoms with van der Waals surface area (Å²) < 4.78 is 5.14. The molecule has 0 radical (unpaired) electrons. The molecule has 3 rings (SSSR count). The van der Waals surface area contributed by atoms with Gasteiger partial charge in [0.25, 0.3) is 0 Å². The van der Waals surface area contributed by atoms with Crippen LogP contribution in [0.4, 0.5) is 10.5 Å². The van der Waals surface area contributed by atoms with Crippen LogP contribution in [-0.2, 0) is 11.3 Å². The fourth-order valence-corrected chi connectivity index (χ4v) is 2.62. The molecular formula is C16H16ClN3O3. The number of nitrogens with zero attached hydrogens (tertiary/aromatic N) is 1. The maximum atomic E-state index is 12.1. The predicted octanol–water partition coefficient (Wildman–Crippen LogP) is 2.54. The summed E-state index contributed by atoms with van der Waals surface area (Å²) in [5.41, 5.74) is 0.777. The minimum atomic E-state index is -0.322. The first-order chi connectivity index (χ1) is 11.1. The van der Waals surface area contributed by atoms with Crippen LogP contribution < -0.4 is 15.5 Å². The van der Waals surface area contributed by atoms with Gasteiger partial charge in [-0.15, -0.1) is 0 Å². The topological polar surface area (TPSA) is 74.6 Å². The zero-order valence-electron chi connectivity index (χ0n) is 12.3. The first kappa shape index (κ1) is 15.4. The molecule has 0 aliphatic carbocycles. The Morgan fingerprint density at radius 3 is 2.78 bits per heavy atom. The molecule has 0 saturated carbocycles. The van der Waals surface area contributed by atoms with E-state index in [0.29, 0.717) is 23.9 Å². The average Bonchev–Trinajstić information content (AvgIpc) is 3.16. The smallest absolute Gasteiger partial charge is 0.315 e. The number of carbonyl (C=O) groups excluding carboxylic acids is 2. The van der Waals surface area contributed by atoms with Gasteiger partial charge in [-0.3, -0.25) is 4.79 Å². The van der Waals surface area contributed by atoms with E-state index in [-0.39, 0.29) is 24.4 Å². The van der Waals surface area contributed by atoms with E-state index < -0.39 is 0 Å². The van der Waals surface area contributed by atoms with Crippen molar-refractivity contribution in [2.75, 3.05) is 11.4 Å². The lowest BCUT2D eigenvalue weighted by atomic mass is 10.2. The van der Waals surface area contributed by atoms with Gasteiger partial charge in [0.15, 0.2) is 0 Å². The number of nitrogens with one attached hydrogen (secondary N) is 2. The zero-order chi connectivity index (χ0) is 16.2. The lowest BCUT2D eigenvalue weighted by Crippen LogP contribution is -2.43. The Morgan fingerprint density at radius 2 is 2.09 bits per heavy atom. The highest BCUT2D eigenvalue weighted by Crippen LogP contribution is 2.23. The van der Waals surface area contributed by atoms with E-state index in [1.807, 2.05) is 0 Å². The van der Waals surface area contributed by atoms with Crippen molar-refractivity contribution in [1.82, 2.24) is 10.6 Å². The molecule has 120 valence electrons. The fourth-order valence-electron chi connectivity index (χ4n) is 2.49. The monoisotopic (exact) mass is 333 g/mol. The maximum Gasteiger partial charge on any atom is 0.315 e. The molecule has 2 aromatic rings. The second-order valence-electron chi connectivity index (χ2n) is 5.29. The van der Waals surface area contributed by atoms with Crippen LogP contribution in [0, 0.1) is 0 Å². The number of hydrogen-bond donors (Lipinski definition) is 2. The van der Waals surface area contributed by atoms with Gasteiger partial charge in [0.2, 0.25) is 5.91 Å². The van der Waals surface area contributed by atoms with Gasteiger partial charge in [0.1, 0.15) is 5.76 Å². The van der Waals surface area contributed by atoms with Gasteiger partial charge in [0.05, 0.1) is 18.8 Å². The third-order valence-corrected chi connectivity index (χ3v) is 3.85. The standard InChI is InChI=1S/C16H16ClN3O3/c17-11-3-5-13(6-4-11)20-10-12(8-15(20)21)19-16(22)18-9-14-2-1-7-23-14/h1-7,12H,8-10H2,(H2,18,19,22)/t12-/m0/s1. The minimum Gasteiger partial charge on any atom is -0.467 e. The van der Waals surface area contributed by atoms with E-state index in [0.717, 1.165) is 5.69 Å². The van der Waals surface area contributed by atoms with Crippen LogP contribution in [0.5, 0.6) is 0 Å². The van der Waals surface area contributed by atoms with Crippen molar-refractivity contribution in [3.63, 3.8) is 0 Å². The fraction of sp³-hybridized carbons (Fsp3) is 0.250. The van der Waals surface area contributed by atoms with E-state index >= 15 is 0 Å². The number of anilines is 1. The molecule has 1 fully saturated rings. The van der Waals surface area contributed by atoms with Crippen molar-refractivity contribution in [3.05, 3.63) is 53.4 Å². The lowest BCUT2D eigenvalue weighted by molar-refractivity contribution is -0.117. The second kappa shape index (κ2) is 6.75. The summed E-state index contributed by atoms with van der Waals surface area (Å²) in [7, 11) is 0. The van der Waals surface area contributed by atoms with Crippen LogP contribution in [0.3, 0.4) is 0 Å². The van der Waals surface area contributed by atoms with E-state index in [9.17, 15) is 9.59 Å². The number of hydrogen-bond acceptors (Lipinski definition) is 3. The summed E-state index contributed by atoms with van der Waals surface area (Å²) in [5, 5.41) is 6.12. The number of amides is 3. The van der Waals surface area contributed by atoms with Crippen LogP contribution in [0.25, 0.3) is 0 Å². The number of carbonyl (C=O) groups is 2. The van der Waals surface area contributed by atoms with Gasteiger partial charge < -0.3 is 20.0 Å². The van der Waals surface area contributed by atoms with Crippen molar-refractivity contribution in [2.45, 2.75) is 19.0 Å². The third-order valence-electron chi connectivity index (χ3n) is 3.60. The lowest BCUT2D eigenvalue weighted by Gasteiger charge is -2.17. The Bertz CT molecular complexity index is 685. The van der Waals surface area contributed by atoms with Gasteiger partial charge in [-0.1, -0.05) is 11.6 Å². The van der Waals surface area contributed by atoms with Gasteiger partial charge in [-0.2, -0.15) is 0 Å². The van der Waals surface area contributed by atoms with E-state index in [1.54, 1.807) is 47.6 Å². The number of urea groups is 1. The molecule has 2 heterocycles. The Labute approximate surface area is 138 Å². The Morgan fingerprint density at radius 1 is 1.30 bits per heavy atom. The van der Waals surface area contributed by atoms with Gasteiger partial charge >= 0.3 is 6.03 Å². The Kier molecular flexibility index (Phi) is 4.52. The van der Waals surface area contributed by atoms with Crippen LogP contribution in [0.15, 0.2) is 47.1 Å². The first-order valence-electron chi connectivity index (χ1n) is 7.24. The molecule has 1 aliphatic heterocycles. The molecule has 3 amide bonds. The molecule has 0 unspecified atom stereocenters. The van der Waals surface area contributed by atoms with Crippen molar-refractivity contribution in [3.8, 4) is 0 Å². The van der Waals surface area contributed by atoms with Gasteiger partial charge in [-0.05, 0) is 36.4 Å². The summed E-state index contributed by atoms with van der Waals surface area (Å²) in [4.78, 5) is 25.6. The van der Waals surface area contributed by atoms with Gasteiger partial charge in [0, 0.05) is 23.7 Å². The maximum absolute atomic E-state index is 12.1. The van der Waals surface area contributed by atoms with Crippen LogP contribution >= 0.6 is 11.6 Å². The summed E-state index contributed by atoms with van der Waals surface area (Å²) in [6.45, 7) is 0.745. The molecule has 1 aromatic carbocycles. The molecule has 1 aromatic heterocycles. The van der Waals surface area contributed by atoms with Crippen molar-refractivity contribution >= 4 is 29.2 Å². The molecule has 1 aliphatic rings. The van der Waals surface area contributed by atoms with Crippen molar-refractivity contribution < 1.29 is 14.0 Å². The molecule has 6 nitrogen and oxygen atoms in total. The molecule has 2 N–H and O–H groups in total. The summed E-state index contributed by atoms with van der Waals surface area (Å²) >= 11 is 5.85. The van der Waals surface area contributed by atoms with Crippen LogP contribution in [0.1, 0.15) is 12.2 Å². The molecule has 0 bridgehead atoms. The number of furan rings is 1. The largest absolute Gasteiger partial charge is 0.467 e. The molecular weight excluding hydrogens is 318 g/mol. The minimum absolute atomic E-state index is 0.0244. The average molecular weight is 334 g/mol. The third kappa shape index (κ3) is 3.84. The number of halogens is 1. The van der Waals surface area contributed by atoms with Crippen molar-refractivity contribution in [1.29, 1.82) is 0 Å². The Balaban J connectivity index is 1.53. The SMILES string of the molecule is O=C(NCc1ccco1)N[C@H]1CC(=O)N(c2ccc(Cl)cc2)C1. The zero-order valence-corrected chi connectivity index (χ0v) is 13.0. The molecule has 1 saturated heterocycles. The van der Waals surface area contributed by atoms with E-state index in [1.165, 1.54) is 0 Å². The highest BCUT2D eigenvalue weighted by atomic mass is 35.5. The van der Waals surface area contributed by atoms with Crippen LogP contribution in [0.2, 0.25) is 5.02 Å². The summed E-state index contributed by atoms with van der Waals surface area (Å²) in [5.74, 6) is 0.647. The molecule has 0 spiro atoms. The van der Waals surface area contributed by atoms with Crippen molar-refractivity contribution in [2.24, 2.45) is 0 Å². The normalized spacial score (nSPS) is 17.3. The number of benzene rings is 1. The molecule has 7 heteroatoms. The predicted molar refractivity (Wildman–Crippen MR) is 86.3 cm³/mol. The number of rotatable bonds is 4. The second-order valence-corrected chi connectivity index (χ2v) is 5.72. The van der Waals surface area contributed by atoms with Crippen LogP contribution in [-0.4, -0.2) is 24.5 Å². The molecule has 23 heavy (non-hydrogen) atoms. The Hall–Kier alpha value is -2.47. The summed E-state index contributed by atoms with van der Waals surface area (Å²) in [6.07, 6.45) is 1.82. The van der Waals surface area contributed by atoms with E-state index in [2.05, 4.69) is 10.6 Å². The summed E-state index contributed by atoms with van der Waals surface area (Å²) in [6, 6.07) is 10.0. The first-order valence-corrected chi connectivity index (χ1v) is 7.62. The quantitative estimate of drug-likeness (QED) is 0.903. The van der Waals surface area contributed by atoms with Gasteiger partial charge in [-0.25, -0.2) is 4.79 Å². The molecule has 1 atom stereocenters. The highest BCUT2D eigenvalue weighted by Gasteiger charge is 2.31. The highest BCUT2D eigenvalue weighted by molar-refractivity contribution is 6.30.